The third kappa shape index (κ3) is 17.2. The number of rotatable bonds is 36. The smallest absolute Gasteiger partial charge is 0.374 e. The summed E-state index contributed by atoms with van der Waals surface area (Å²) >= 11 is 31.0. The second kappa shape index (κ2) is 32.2. The van der Waals surface area contributed by atoms with Gasteiger partial charge in [-0.2, -0.15) is 75.8 Å². The van der Waals surface area contributed by atoms with Crippen molar-refractivity contribution in [3.05, 3.63) is 0 Å². The van der Waals surface area contributed by atoms with Crippen LogP contribution in [0.4, 0.5) is 0 Å². The van der Waals surface area contributed by atoms with Gasteiger partial charge in [-0.3, -0.25) is 0 Å². The van der Waals surface area contributed by atoms with Crippen molar-refractivity contribution in [2.75, 3.05) is 59.5 Å². The van der Waals surface area contributed by atoms with Crippen molar-refractivity contribution in [2.45, 2.75) is 189 Å². The van der Waals surface area contributed by atoms with Crippen molar-refractivity contribution >= 4 is 102 Å². The molecule has 0 aromatic heterocycles. The van der Waals surface area contributed by atoms with Crippen LogP contribution in [0.25, 0.3) is 0 Å². The molecule has 12 atom stereocenters. The fraction of sp³-hybridized carbons (Fsp3) is 1.00. The van der Waals surface area contributed by atoms with Crippen LogP contribution in [0, 0.1) is 17.8 Å². The predicted molar refractivity (Wildman–Crippen MR) is 279 cm³/mol. The molecule has 1 aliphatic carbocycles. The fourth-order valence-electron chi connectivity index (χ4n) is 9.64. The zero-order valence-electron chi connectivity index (χ0n) is 39.5. The molecular weight excluding hydrogens is 925 g/mol. The van der Waals surface area contributed by atoms with Crippen molar-refractivity contribution in [1.82, 2.24) is 0 Å². The van der Waals surface area contributed by atoms with Crippen molar-refractivity contribution in [2.24, 2.45) is 17.8 Å². The Morgan fingerprint density at radius 1 is 0.417 bits per heavy atom. The maximum absolute atomic E-state index is 6.87. The van der Waals surface area contributed by atoms with E-state index in [0.29, 0.717) is 65.9 Å². The van der Waals surface area contributed by atoms with Crippen LogP contribution in [0.15, 0.2) is 0 Å². The van der Waals surface area contributed by atoms with Gasteiger partial charge in [0.1, 0.15) is 0 Å². The van der Waals surface area contributed by atoms with Crippen molar-refractivity contribution in [3.8, 4) is 0 Å². The van der Waals surface area contributed by atoms with Crippen molar-refractivity contribution < 1.29 is 39.8 Å². The molecule has 0 aromatic carbocycles. The molecule has 9 nitrogen and oxygen atoms in total. The second-order valence-electron chi connectivity index (χ2n) is 15.9. The zero-order chi connectivity index (χ0) is 45.5. The third-order valence-electron chi connectivity index (χ3n) is 12.0. The van der Waals surface area contributed by atoms with Crippen LogP contribution < -0.4 is 0 Å². The molecule has 0 spiro atoms. The van der Waals surface area contributed by atoms with E-state index in [2.05, 4.69) is 20.8 Å². The first-order valence-electron chi connectivity index (χ1n) is 23.5. The first-order chi connectivity index (χ1) is 28.6. The van der Waals surface area contributed by atoms with Crippen LogP contribution in [0.2, 0.25) is 16.6 Å². The van der Waals surface area contributed by atoms with Crippen LogP contribution in [0.3, 0.4) is 0 Å². The van der Waals surface area contributed by atoms with E-state index in [1.54, 1.807) is 0 Å². The minimum absolute atomic E-state index is 0.0277. The summed E-state index contributed by atoms with van der Waals surface area (Å²) in [5.41, 5.74) is -0.212. The number of hydrogen-bond donors (Lipinski definition) is 6. The van der Waals surface area contributed by atoms with Gasteiger partial charge in [0.25, 0.3) is 0 Å². The van der Waals surface area contributed by atoms with Crippen LogP contribution in [0.5, 0.6) is 0 Å². The highest BCUT2D eigenvalue weighted by molar-refractivity contribution is 7.88. The largest absolute Gasteiger partial charge is 0.504 e. The van der Waals surface area contributed by atoms with Gasteiger partial charge in [-0.25, -0.2) is 0 Å². The van der Waals surface area contributed by atoms with Gasteiger partial charge in [-0.05, 0) is 125 Å². The summed E-state index contributed by atoms with van der Waals surface area (Å²) in [5, 5.41) is -0.0172. The molecule has 0 amide bonds. The van der Waals surface area contributed by atoms with E-state index >= 15 is 0 Å². The summed E-state index contributed by atoms with van der Waals surface area (Å²) in [5.74, 6) is 0.320. The Balaban J connectivity index is 4.31. The lowest BCUT2D eigenvalue weighted by atomic mass is 9.69. The van der Waals surface area contributed by atoms with E-state index in [0.717, 1.165) is 51.4 Å². The summed E-state index contributed by atoms with van der Waals surface area (Å²) in [6, 6.07) is 0. The molecule has 1 saturated carbocycles. The van der Waals surface area contributed by atoms with Crippen LogP contribution in [-0.2, 0) is 39.8 Å². The summed E-state index contributed by atoms with van der Waals surface area (Å²) in [6.45, 7) is 29.4. The highest BCUT2D eigenvalue weighted by Gasteiger charge is 2.62. The second-order valence-corrected chi connectivity index (χ2v) is 28.4. The molecule has 1 aliphatic rings. The maximum atomic E-state index is 6.87. The van der Waals surface area contributed by atoms with Gasteiger partial charge in [0, 0.05) is 108 Å². The van der Waals surface area contributed by atoms with E-state index in [4.69, 9.17) is 116 Å². The topological polar surface area (TPSA) is 83.1 Å². The molecule has 0 aromatic rings. The molecule has 1 rings (SSSR count). The molecule has 0 bridgehead atoms. The minimum atomic E-state index is -3.37. The Hall–Kier alpha value is 2.39. The molecule has 12 unspecified atom stereocenters. The van der Waals surface area contributed by atoms with Gasteiger partial charge in [0.15, 0.2) is 0 Å². The first-order valence-corrected chi connectivity index (χ1v) is 32.0. The highest BCUT2D eigenvalue weighted by atomic mass is 32.1. The Morgan fingerprint density at radius 2 is 0.733 bits per heavy atom. The van der Waals surface area contributed by atoms with Gasteiger partial charge in [0.05, 0.1) is 0 Å². The maximum Gasteiger partial charge on any atom is 0.504 e. The number of thiol groups is 6. The highest BCUT2D eigenvalue weighted by Crippen LogP contribution is 2.58. The first kappa shape index (κ1) is 60.4. The molecular formula is C42H90O9S6Si3. The summed E-state index contributed by atoms with van der Waals surface area (Å²) in [4.78, 5) is 0. The lowest BCUT2D eigenvalue weighted by Crippen LogP contribution is -2.59. The standard InChI is InChI=1S/C42H90O9S6Si3/c1-13-24-35(52)41(56)37(54)29-39(59(46-18-6,47-19-7)48-20-8)32-26-27-33(34(28-32)31(12)58(43-15-3,44-16-4)45-17-5)40(30-38(55)42(57)36(53)25-14-2)60(49-21-9,50-22-10)51-23-11/h31-42,52-57H,13-30H2,1-12H3. The molecule has 0 heterocycles. The average molecular weight is 1020 g/mol. The molecule has 360 valence electrons. The average Bonchev–Trinajstić information content (AvgIpc) is 3.21. The molecule has 60 heavy (non-hydrogen) atoms. The van der Waals surface area contributed by atoms with E-state index in [9.17, 15) is 0 Å². The Labute approximate surface area is 405 Å². The SMILES string of the molecule is CCCC(S)C(S)C(S)CC(C1CCC(C(CC(S)C(S)C(S)CCC)[Si](OCC)(OCC)OCC)C(C(C)[Si](OCC)(OCC)OCC)C1)[Si](OCC)(OCC)OCC. The Morgan fingerprint density at radius 3 is 1.07 bits per heavy atom. The minimum Gasteiger partial charge on any atom is -0.374 e. The molecule has 0 saturated heterocycles. The molecule has 1 fully saturated rings. The zero-order valence-corrected chi connectivity index (χ0v) is 47.9. The van der Waals surface area contributed by atoms with Gasteiger partial charge >= 0.3 is 26.4 Å². The van der Waals surface area contributed by atoms with Crippen LogP contribution in [0.1, 0.15) is 141 Å². The lowest BCUT2D eigenvalue weighted by molar-refractivity contribution is 0.0119. The molecule has 0 aliphatic heterocycles. The van der Waals surface area contributed by atoms with Crippen LogP contribution >= 0.6 is 75.8 Å². The summed E-state index contributed by atoms with van der Waals surface area (Å²) in [7, 11) is -9.96. The van der Waals surface area contributed by atoms with E-state index < -0.39 is 26.4 Å². The predicted octanol–water partition coefficient (Wildman–Crippen LogP) is 11.5. The Bertz CT molecular complexity index is 1050. The van der Waals surface area contributed by atoms with Gasteiger partial charge < -0.3 is 39.8 Å². The van der Waals surface area contributed by atoms with E-state index in [1.807, 2.05) is 62.3 Å². The number of hydrogen-bond acceptors (Lipinski definition) is 15. The van der Waals surface area contributed by atoms with Crippen LogP contribution in [-0.4, -0.2) is 117 Å². The van der Waals surface area contributed by atoms with E-state index in [1.165, 1.54) is 0 Å². The normalized spacial score (nSPS) is 22.8. The quantitative estimate of drug-likeness (QED) is 0.0272. The molecule has 0 radical (unpaired) electrons. The van der Waals surface area contributed by atoms with E-state index in [-0.39, 0.29) is 65.9 Å². The summed E-state index contributed by atoms with van der Waals surface area (Å²) in [6.07, 6.45) is 8.06. The fourth-order valence-corrected chi connectivity index (χ4v) is 22.9. The van der Waals surface area contributed by atoms with Crippen molar-refractivity contribution in [1.29, 1.82) is 0 Å². The third-order valence-corrected chi connectivity index (χ3v) is 27.6. The monoisotopic (exact) mass is 1010 g/mol. The Kier molecular flexibility index (Phi) is 32.4. The van der Waals surface area contributed by atoms with Gasteiger partial charge in [0.2, 0.25) is 0 Å². The molecule has 0 N–H and O–H groups in total. The van der Waals surface area contributed by atoms with Gasteiger partial charge in [-0.1, -0.05) is 33.6 Å². The van der Waals surface area contributed by atoms with Crippen molar-refractivity contribution in [3.63, 3.8) is 0 Å². The lowest BCUT2D eigenvalue weighted by Gasteiger charge is -2.52. The van der Waals surface area contributed by atoms with Gasteiger partial charge in [-0.15, -0.1) is 0 Å². The summed E-state index contributed by atoms with van der Waals surface area (Å²) < 4.78 is 61.3. The molecule has 18 heteroatoms.